The van der Waals surface area contributed by atoms with Gasteiger partial charge in [0.05, 0.1) is 26.2 Å². The molecule has 0 aromatic rings. The summed E-state index contributed by atoms with van der Waals surface area (Å²) in [6, 6.07) is 0. The zero-order chi connectivity index (χ0) is 17.7. The van der Waals surface area contributed by atoms with Crippen molar-refractivity contribution in [2.75, 3.05) is 46.3 Å². The second-order valence-corrected chi connectivity index (χ2v) is 4.00. The molecule has 0 aromatic heterocycles. The van der Waals surface area contributed by atoms with E-state index in [9.17, 15) is 19.2 Å². The Hall–Kier alpha value is -2.24. The van der Waals surface area contributed by atoms with Gasteiger partial charge >= 0.3 is 23.9 Å². The standard InChI is InChI=1S/C10H16N2O8.CH5N/c13-7(14)3-11(4-8(15)16)1-2-12(5-9(17)18)6-10(19)20;1-2/h1-6H2,(H,13,14)(H,15,16)(H,17,18)(H,19,20);2H2,1H3. The lowest BCUT2D eigenvalue weighted by Gasteiger charge is -2.23. The second-order valence-electron chi connectivity index (χ2n) is 4.00. The quantitative estimate of drug-likeness (QED) is 0.271. The molecule has 0 radical (unpaired) electrons. The molecule has 0 atom stereocenters. The third-order valence-electron chi connectivity index (χ3n) is 2.17. The van der Waals surface area contributed by atoms with Crippen LogP contribution in [0.5, 0.6) is 0 Å². The van der Waals surface area contributed by atoms with Gasteiger partial charge in [-0.2, -0.15) is 0 Å². The van der Waals surface area contributed by atoms with E-state index in [1.807, 2.05) is 0 Å². The zero-order valence-corrected chi connectivity index (χ0v) is 12.1. The maximum absolute atomic E-state index is 10.6. The molecule has 0 saturated carbocycles. The minimum atomic E-state index is -1.23. The lowest BCUT2D eigenvalue weighted by molar-refractivity contribution is -0.145. The Kier molecular flexibility index (Phi) is 12.5. The summed E-state index contributed by atoms with van der Waals surface area (Å²) in [5.74, 6) is -4.91. The molecule has 22 heavy (non-hydrogen) atoms. The first kappa shape index (κ1) is 22.0. The van der Waals surface area contributed by atoms with E-state index in [-0.39, 0.29) is 13.1 Å². The van der Waals surface area contributed by atoms with Gasteiger partial charge < -0.3 is 26.2 Å². The van der Waals surface area contributed by atoms with Crippen molar-refractivity contribution in [2.24, 2.45) is 5.73 Å². The van der Waals surface area contributed by atoms with Gasteiger partial charge in [0.1, 0.15) is 0 Å². The van der Waals surface area contributed by atoms with E-state index in [0.717, 1.165) is 9.80 Å². The van der Waals surface area contributed by atoms with Crippen molar-refractivity contribution >= 4 is 23.9 Å². The lowest BCUT2D eigenvalue weighted by Crippen LogP contribution is -2.43. The van der Waals surface area contributed by atoms with Crippen LogP contribution < -0.4 is 5.73 Å². The number of hydrogen-bond donors (Lipinski definition) is 5. The molecule has 0 unspecified atom stereocenters. The molecule has 0 fully saturated rings. The van der Waals surface area contributed by atoms with E-state index in [1.165, 1.54) is 7.05 Å². The average Bonchev–Trinajstić information content (AvgIpc) is 2.35. The molecular formula is C11H21N3O8. The van der Waals surface area contributed by atoms with Crippen LogP contribution in [0.1, 0.15) is 0 Å². The summed E-state index contributed by atoms with van der Waals surface area (Å²) in [5, 5.41) is 34.5. The summed E-state index contributed by atoms with van der Waals surface area (Å²) in [7, 11) is 1.50. The topological polar surface area (TPSA) is 182 Å². The fraction of sp³-hybridized carbons (Fsp3) is 0.636. The first-order valence-corrected chi connectivity index (χ1v) is 6.10. The van der Waals surface area contributed by atoms with Gasteiger partial charge in [0, 0.05) is 13.1 Å². The molecule has 0 aromatic carbocycles. The Balaban J connectivity index is 0. The SMILES string of the molecule is CN.O=C(O)CN(CCN(CC(=O)O)CC(=O)O)CC(=O)O. The molecule has 6 N–H and O–H groups in total. The van der Waals surface area contributed by atoms with E-state index >= 15 is 0 Å². The van der Waals surface area contributed by atoms with Crippen molar-refractivity contribution in [1.82, 2.24) is 9.80 Å². The number of rotatable bonds is 11. The smallest absolute Gasteiger partial charge is 0.317 e. The van der Waals surface area contributed by atoms with Crippen LogP contribution >= 0.6 is 0 Å². The van der Waals surface area contributed by atoms with E-state index < -0.39 is 50.1 Å². The Bertz CT molecular complexity index is 320. The third-order valence-corrected chi connectivity index (χ3v) is 2.17. The van der Waals surface area contributed by atoms with E-state index in [4.69, 9.17) is 20.4 Å². The Morgan fingerprint density at radius 2 is 0.818 bits per heavy atom. The van der Waals surface area contributed by atoms with Crippen molar-refractivity contribution in [1.29, 1.82) is 0 Å². The van der Waals surface area contributed by atoms with Gasteiger partial charge in [-0.1, -0.05) is 0 Å². The van der Waals surface area contributed by atoms with Gasteiger partial charge in [-0.05, 0) is 7.05 Å². The number of aliphatic carboxylic acids is 4. The van der Waals surface area contributed by atoms with Crippen LogP contribution in [0, 0.1) is 0 Å². The van der Waals surface area contributed by atoms with Crippen LogP contribution in [0.4, 0.5) is 0 Å². The largest absolute Gasteiger partial charge is 0.480 e. The fourth-order valence-corrected chi connectivity index (χ4v) is 1.48. The molecule has 11 heteroatoms. The highest BCUT2D eigenvalue weighted by Crippen LogP contribution is 1.94. The van der Waals surface area contributed by atoms with Crippen molar-refractivity contribution in [2.45, 2.75) is 0 Å². The van der Waals surface area contributed by atoms with Gasteiger partial charge in [0.25, 0.3) is 0 Å². The summed E-state index contributed by atoms with van der Waals surface area (Å²) < 4.78 is 0. The van der Waals surface area contributed by atoms with Gasteiger partial charge in [-0.3, -0.25) is 29.0 Å². The normalized spacial score (nSPS) is 10.0. The Morgan fingerprint density at radius 1 is 0.636 bits per heavy atom. The summed E-state index contributed by atoms with van der Waals surface area (Å²) in [6.07, 6.45) is 0. The summed E-state index contributed by atoms with van der Waals surface area (Å²) >= 11 is 0. The van der Waals surface area contributed by atoms with Gasteiger partial charge in [0.2, 0.25) is 0 Å². The van der Waals surface area contributed by atoms with Crippen molar-refractivity contribution in [3.8, 4) is 0 Å². The zero-order valence-electron chi connectivity index (χ0n) is 12.1. The summed E-state index contributed by atoms with van der Waals surface area (Å²) in [4.78, 5) is 44.4. The Morgan fingerprint density at radius 3 is 0.955 bits per heavy atom. The highest BCUT2D eigenvalue weighted by atomic mass is 16.4. The molecule has 0 saturated heterocycles. The van der Waals surface area contributed by atoms with Gasteiger partial charge in [-0.25, -0.2) is 0 Å². The van der Waals surface area contributed by atoms with Crippen molar-refractivity contribution < 1.29 is 39.6 Å². The number of nitrogens with two attached hydrogens (primary N) is 1. The van der Waals surface area contributed by atoms with Crippen LogP contribution in [0.25, 0.3) is 0 Å². The lowest BCUT2D eigenvalue weighted by atomic mass is 10.4. The van der Waals surface area contributed by atoms with Crippen LogP contribution in [-0.4, -0.2) is 100 Å². The first-order valence-electron chi connectivity index (χ1n) is 6.10. The number of nitrogens with zero attached hydrogens (tertiary/aromatic N) is 2. The monoisotopic (exact) mass is 323 g/mol. The van der Waals surface area contributed by atoms with Crippen molar-refractivity contribution in [3.05, 3.63) is 0 Å². The van der Waals surface area contributed by atoms with Gasteiger partial charge in [0.15, 0.2) is 0 Å². The molecule has 0 aliphatic rings. The molecule has 0 aliphatic carbocycles. The second kappa shape index (κ2) is 12.5. The van der Waals surface area contributed by atoms with Gasteiger partial charge in [-0.15, -0.1) is 0 Å². The Labute approximate surface area is 126 Å². The van der Waals surface area contributed by atoms with Crippen molar-refractivity contribution in [3.63, 3.8) is 0 Å². The number of carboxylic acid groups (broad SMARTS) is 4. The van der Waals surface area contributed by atoms with E-state index in [0.29, 0.717) is 0 Å². The minimum absolute atomic E-state index is 0.0703. The fourth-order valence-electron chi connectivity index (χ4n) is 1.48. The maximum atomic E-state index is 10.6. The number of carboxylic acids is 4. The minimum Gasteiger partial charge on any atom is -0.480 e. The third kappa shape index (κ3) is 14.2. The summed E-state index contributed by atoms with van der Waals surface area (Å²) in [5.41, 5.74) is 4.50. The molecule has 0 amide bonds. The van der Waals surface area contributed by atoms with E-state index in [1.54, 1.807) is 0 Å². The van der Waals surface area contributed by atoms with E-state index in [2.05, 4.69) is 5.73 Å². The molecule has 0 aliphatic heterocycles. The average molecular weight is 323 g/mol. The van der Waals surface area contributed by atoms with Crippen LogP contribution in [0.2, 0.25) is 0 Å². The van der Waals surface area contributed by atoms with Crippen LogP contribution in [0.15, 0.2) is 0 Å². The molecule has 0 heterocycles. The first-order chi connectivity index (χ1) is 10.2. The predicted octanol–water partition coefficient (Wildman–Crippen LogP) is -2.50. The maximum Gasteiger partial charge on any atom is 0.317 e. The number of hydrogen-bond acceptors (Lipinski definition) is 7. The highest BCUT2D eigenvalue weighted by Gasteiger charge is 2.17. The summed E-state index contributed by atoms with van der Waals surface area (Å²) in [6.45, 7) is -2.25. The molecule has 128 valence electrons. The van der Waals surface area contributed by atoms with Crippen LogP contribution in [0.3, 0.4) is 0 Å². The highest BCUT2D eigenvalue weighted by molar-refractivity contribution is 5.73. The predicted molar refractivity (Wildman–Crippen MR) is 73.5 cm³/mol. The van der Waals surface area contributed by atoms with Crippen LogP contribution in [-0.2, 0) is 19.2 Å². The number of carbonyl (C=O) groups is 4. The molecule has 11 nitrogen and oxygen atoms in total. The molecule has 0 spiro atoms. The molecule has 0 rings (SSSR count). The molecule has 0 bridgehead atoms. The molecular weight excluding hydrogens is 302 g/mol.